The third-order valence-corrected chi connectivity index (χ3v) is 1.86. The highest BCUT2D eigenvalue weighted by Gasteiger charge is 2.19. The lowest BCUT2D eigenvalue weighted by atomic mass is 10.1. The molecule has 0 aliphatic carbocycles. The van der Waals surface area contributed by atoms with Crippen LogP contribution in [0.3, 0.4) is 0 Å². The Bertz CT molecular complexity index is 324. The summed E-state index contributed by atoms with van der Waals surface area (Å²) in [6, 6.07) is 7.41. The molecule has 1 N–H and O–H groups in total. The summed E-state index contributed by atoms with van der Waals surface area (Å²) in [5.74, 6) is 0. The van der Waals surface area contributed by atoms with Gasteiger partial charge in [0.1, 0.15) is 0 Å². The average Bonchev–Trinajstić information content (AvgIpc) is 2.12. The largest absolute Gasteiger partial charge is 0.368 e. The summed E-state index contributed by atoms with van der Waals surface area (Å²) >= 11 is 0. The first-order valence-electron chi connectivity index (χ1n) is 3.70. The van der Waals surface area contributed by atoms with Crippen LogP contribution in [0.15, 0.2) is 34.6 Å². The molecule has 1 unspecified atom stereocenters. The zero-order valence-corrected chi connectivity index (χ0v) is 6.68. The summed E-state index contributed by atoms with van der Waals surface area (Å²) in [5.41, 5.74) is 1.54. The zero-order chi connectivity index (χ0) is 8.55. The maximum atomic E-state index is 9.60. The maximum absolute atomic E-state index is 9.60. The summed E-state index contributed by atoms with van der Waals surface area (Å²) in [7, 11) is 1.68. The van der Waals surface area contributed by atoms with Crippen LogP contribution in [0.4, 0.5) is 5.69 Å². The summed E-state index contributed by atoms with van der Waals surface area (Å²) in [5, 5.41) is 18.7. The smallest absolute Gasteiger partial charge is 0.172 e. The Kier molecular flexibility index (Phi) is 1.55. The molecule has 1 aliphatic heterocycles. The Morgan fingerprint density at radius 3 is 3.00 bits per heavy atom. The molecule has 0 fully saturated rings. The number of aliphatic hydroxyl groups excluding tert-OH is 1. The van der Waals surface area contributed by atoms with Crippen molar-refractivity contribution in [1.29, 1.82) is 0 Å². The molecule has 1 aromatic carbocycles. The van der Waals surface area contributed by atoms with Gasteiger partial charge in [-0.15, -0.1) is 5.11 Å². The summed E-state index contributed by atoms with van der Waals surface area (Å²) < 4.78 is 0. The topological polar surface area (TPSA) is 48.2 Å². The second-order valence-corrected chi connectivity index (χ2v) is 2.70. The van der Waals surface area contributed by atoms with E-state index in [0.717, 1.165) is 11.3 Å². The van der Waals surface area contributed by atoms with Gasteiger partial charge in [-0.3, -0.25) is 0 Å². The van der Waals surface area contributed by atoms with Crippen molar-refractivity contribution < 1.29 is 5.11 Å². The molecule has 4 heteroatoms. The molecule has 0 aromatic heterocycles. The summed E-state index contributed by atoms with van der Waals surface area (Å²) in [6.07, 6.45) is -0.668. The molecule has 0 saturated heterocycles. The fourth-order valence-corrected chi connectivity index (χ4v) is 1.17. The number of nitrogens with zero attached hydrogens (tertiary/aromatic N) is 3. The number of hydrogen-bond donors (Lipinski definition) is 1. The van der Waals surface area contributed by atoms with Gasteiger partial charge in [0, 0.05) is 12.6 Å². The van der Waals surface area contributed by atoms with E-state index in [1.807, 2.05) is 24.3 Å². The van der Waals surface area contributed by atoms with Crippen LogP contribution in [0, 0.1) is 0 Å². The lowest BCUT2D eigenvalue weighted by molar-refractivity contribution is 0.0122. The van der Waals surface area contributed by atoms with Crippen molar-refractivity contribution in [2.75, 3.05) is 7.05 Å². The van der Waals surface area contributed by atoms with E-state index in [9.17, 15) is 5.11 Å². The Morgan fingerprint density at radius 2 is 2.17 bits per heavy atom. The number of aliphatic hydroxyl groups is 1. The Hall–Kier alpha value is -1.42. The van der Waals surface area contributed by atoms with Crippen molar-refractivity contribution in [3.63, 3.8) is 0 Å². The average molecular weight is 163 g/mol. The summed E-state index contributed by atoms with van der Waals surface area (Å²) in [4.78, 5) is 0. The highest BCUT2D eigenvalue weighted by Crippen LogP contribution is 2.31. The Morgan fingerprint density at radius 1 is 1.42 bits per heavy atom. The molecule has 1 aromatic rings. The van der Waals surface area contributed by atoms with Crippen LogP contribution in [0.1, 0.15) is 11.8 Å². The fraction of sp³-hybridized carbons (Fsp3) is 0.250. The van der Waals surface area contributed by atoms with Crippen LogP contribution >= 0.6 is 0 Å². The number of benzene rings is 1. The lowest BCUT2D eigenvalue weighted by Gasteiger charge is -2.23. The molecule has 1 atom stereocenters. The van der Waals surface area contributed by atoms with E-state index >= 15 is 0 Å². The normalized spacial score (nSPS) is 20.8. The summed E-state index contributed by atoms with van der Waals surface area (Å²) in [6.45, 7) is 0. The maximum Gasteiger partial charge on any atom is 0.172 e. The van der Waals surface area contributed by atoms with E-state index in [1.165, 1.54) is 5.01 Å². The molecule has 0 amide bonds. The fourth-order valence-electron chi connectivity index (χ4n) is 1.17. The molecule has 12 heavy (non-hydrogen) atoms. The van der Waals surface area contributed by atoms with Gasteiger partial charge in [-0.25, -0.2) is 5.01 Å². The first kappa shape index (κ1) is 7.24. The van der Waals surface area contributed by atoms with Crippen LogP contribution in [0.5, 0.6) is 0 Å². The van der Waals surface area contributed by atoms with Crippen molar-refractivity contribution in [1.82, 2.24) is 5.01 Å². The monoisotopic (exact) mass is 163 g/mol. The highest BCUT2D eigenvalue weighted by molar-refractivity contribution is 5.46. The minimum absolute atomic E-state index is 0.668. The second-order valence-electron chi connectivity index (χ2n) is 2.70. The van der Waals surface area contributed by atoms with E-state index in [2.05, 4.69) is 10.3 Å². The standard InChI is InChI=1S/C8H9N3O/c1-11-8(12)6-4-2-3-5-7(6)9-10-11/h2-5,8,12H,1H3. The predicted molar refractivity (Wildman–Crippen MR) is 43.7 cm³/mol. The van der Waals surface area contributed by atoms with Crippen LogP contribution < -0.4 is 0 Å². The van der Waals surface area contributed by atoms with E-state index in [4.69, 9.17) is 0 Å². The number of rotatable bonds is 0. The first-order chi connectivity index (χ1) is 5.79. The van der Waals surface area contributed by atoms with Gasteiger partial charge in [0.2, 0.25) is 0 Å². The highest BCUT2D eigenvalue weighted by atomic mass is 16.3. The van der Waals surface area contributed by atoms with Crippen molar-refractivity contribution in [3.05, 3.63) is 29.8 Å². The van der Waals surface area contributed by atoms with Gasteiger partial charge >= 0.3 is 0 Å². The minimum Gasteiger partial charge on any atom is -0.368 e. The molecular formula is C8H9N3O. The van der Waals surface area contributed by atoms with Crippen LogP contribution in [0.25, 0.3) is 0 Å². The predicted octanol–water partition coefficient (Wildman–Crippen LogP) is 1.62. The molecule has 2 rings (SSSR count). The van der Waals surface area contributed by atoms with Gasteiger partial charge in [-0.2, -0.15) is 0 Å². The second kappa shape index (κ2) is 2.57. The van der Waals surface area contributed by atoms with Crippen LogP contribution in [-0.4, -0.2) is 17.2 Å². The third kappa shape index (κ3) is 0.967. The van der Waals surface area contributed by atoms with Gasteiger partial charge in [0.05, 0.1) is 5.69 Å². The molecule has 1 heterocycles. The van der Waals surface area contributed by atoms with E-state index < -0.39 is 6.23 Å². The SMILES string of the molecule is CN1N=Nc2ccccc2C1O. The Balaban J connectivity index is 2.52. The van der Waals surface area contributed by atoms with Gasteiger partial charge in [-0.05, 0) is 6.07 Å². The molecule has 0 saturated carbocycles. The van der Waals surface area contributed by atoms with Gasteiger partial charge in [-0.1, -0.05) is 23.4 Å². The van der Waals surface area contributed by atoms with Crippen LogP contribution in [0.2, 0.25) is 0 Å². The van der Waals surface area contributed by atoms with Crippen molar-refractivity contribution in [2.24, 2.45) is 10.3 Å². The molecule has 1 aliphatic rings. The molecule has 0 radical (unpaired) electrons. The molecule has 0 bridgehead atoms. The van der Waals surface area contributed by atoms with Gasteiger partial charge in [0.25, 0.3) is 0 Å². The van der Waals surface area contributed by atoms with Crippen LogP contribution in [-0.2, 0) is 0 Å². The quantitative estimate of drug-likeness (QED) is 0.631. The molecule has 0 spiro atoms. The molecular weight excluding hydrogens is 154 g/mol. The van der Waals surface area contributed by atoms with Crippen molar-refractivity contribution in [3.8, 4) is 0 Å². The molecule has 62 valence electrons. The number of hydrogen-bond acceptors (Lipinski definition) is 4. The van der Waals surface area contributed by atoms with Crippen molar-refractivity contribution >= 4 is 5.69 Å². The van der Waals surface area contributed by atoms with E-state index in [1.54, 1.807) is 7.05 Å². The third-order valence-electron chi connectivity index (χ3n) is 1.86. The molecule has 4 nitrogen and oxygen atoms in total. The van der Waals surface area contributed by atoms with E-state index in [0.29, 0.717) is 0 Å². The van der Waals surface area contributed by atoms with E-state index in [-0.39, 0.29) is 0 Å². The number of fused-ring (bicyclic) bond motifs is 1. The van der Waals surface area contributed by atoms with Crippen molar-refractivity contribution in [2.45, 2.75) is 6.23 Å². The zero-order valence-electron chi connectivity index (χ0n) is 6.68. The minimum atomic E-state index is -0.668. The van der Waals surface area contributed by atoms with Gasteiger partial charge in [0.15, 0.2) is 6.23 Å². The van der Waals surface area contributed by atoms with Gasteiger partial charge < -0.3 is 5.11 Å². The lowest BCUT2D eigenvalue weighted by Crippen LogP contribution is -2.20. The Labute approximate surface area is 70.1 Å². The first-order valence-corrected chi connectivity index (χ1v) is 3.70.